The first-order valence-electron chi connectivity index (χ1n) is 26.7. The zero-order valence-electron chi connectivity index (χ0n) is 48.0. The number of benzene rings is 8. The fourth-order valence-corrected chi connectivity index (χ4v) is 6.81. The quantitative estimate of drug-likeness (QED) is 0.177. The largest absolute Gasteiger partial charge is 0.309 e. The molecule has 8 aromatic carbocycles. The Morgan fingerprint density at radius 3 is 1.37 bits per heavy atom. The van der Waals surface area contributed by atoms with E-state index in [4.69, 9.17) is 17.8 Å². The maximum atomic E-state index is 10.1. The van der Waals surface area contributed by atoms with Crippen LogP contribution in [0.2, 0.25) is 0 Å². The summed E-state index contributed by atoms with van der Waals surface area (Å²) in [6, 6.07) is -0.717. The topological polar surface area (TPSA) is 14.8 Å². The van der Waals surface area contributed by atoms with Gasteiger partial charge < -0.3 is 13.7 Å². The van der Waals surface area contributed by atoms with E-state index in [1.54, 1.807) is 24.3 Å². The summed E-state index contributed by atoms with van der Waals surface area (Å²) in [6.45, 7) is 0. The standard InChI is InChI=1S/C48H31N3/c1-2-13-32(14-3-1)33-15-12-16-34(29-33)51-45-23-10-6-19-39(45)41-27-25-36(31-48(41)51)50-46-24-11-7-20-40(46)42-30-35(26-28-47(42)50)49-43-21-8-4-17-37(43)38-18-5-9-22-44(38)49/h1-31H/i4D,5D,6D,7D,8D,9D,10D,11D,17D,18D,19D,20D,21D,22D,23D,24D,25D,26D,27D,28D,30D,31D. The van der Waals surface area contributed by atoms with E-state index in [9.17, 15) is 12.3 Å². The molecule has 0 aliphatic heterocycles. The molecule has 238 valence electrons. The van der Waals surface area contributed by atoms with Gasteiger partial charge in [0, 0.05) is 49.4 Å². The molecule has 3 nitrogen and oxygen atoms in total. The van der Waals surface area contributed by atoms with Crippen LogP contribution in [-0.4, -0.2) is 13.7 Å². The van der Waals surface area contributed by atoms with E-state index >= 15 is 0 Å². The molecule has 3 heterocycles. The lowest BCUT2D eigenvalue weighted by Gasteiger charge is -2.13. The van der Waals surface area contributed by atoms with Gasteiger partial charge in [0.05, 0.1) is 63.3 Å². The Kier molecular flexibility index (Phi) is 3.01. The Morgan fingerprint density at radius 2 is 0.765 bits per heavy atom. The Balaban J connectivity index is 1.37. The van der Waals surface area contributed by atoms with Gasteiger partial charge >= 0.3 is 0 Å². The van der Waals surface area contributed by atoms with Gasteiger partial charge in [-0.3, -0.25) is 0 Å². The fourth-order valence-electron chi connectivity index (χ4n) is 6.81. The van der Waals surface area contributed by atoms with Crippen molar-refractivity contribution in [1.29, 1.82) is 0 Å². The van der Waals surface area contributed by atoms with Crippen LogP contribution in [0, 0.1) is 0 Å². The molecule has 11 aromatic rings. The Bertz CT molecular complexity index is 4320. The molecule has 0 amide bonds. The minimum Gasteiger partial charge on any atom is -0.309 e. The van der Waals surface area contributed by atoms with Crippen molar-refractivity contribution in [3.63, 3.8) is 0 Å². The monoisotopic (exact) mass is 671 g/mol. The van der Waals surface area contributed by atoms with E-state index in [-0.39, 0.29) is 27.5 Å². The van der Waals surface area contributed by atoms with Crippen molar-refractivity contribution in [3.05, 3.63) is 188 Å². The van der Waals surface area contributed by atoms with Gasteiger partial charge in [-0.25, -0.2) is 0 Å². The van der Waals surface area contributed by atoms with Gasteiger partial charge in [0.15, 0.2) is 0 Å². The SMILES string of the molecule is [2H]c1c([2H])c([2H])c2c(c1[2H])c1c([2H])c([2H])c(-n3c4c([2H])c([2H])c([2H])c([2H])c4c4c([2H])c(-n5c6c([2H])c([2H])c([2H])c([2H])c6c6c([2H])c([2H])c([2H])c([2H])c65)c([2H])c([2H])c43)c([2H])c1n2-c1cccc(-c2ccccc2)c1. The molecule has 0 saturated carbocycles. The summed E-state index contributed by atoms with van der Waals surface area (Å²) in [6.07, 6.45) is 0. The van der Waals surface area contributed by atoms with Crippen molar-refractivity contribution in [1.82, 2.24) is 13.7 Å². The van der Waals surface area contributed by atoms with Crippen LogP contribution in [-0.2, 0) is 0 Å². The van der Waals surface area contributed by atoms with Crippen LogP contribution < -0.4 is 0 Å². The van der Waals surface area contributed by atoms with Crippen LogP contribution in [0.1, 0.15) is 30.2 Å². The lowest BCUT2D eigenvalue weighted by molar-refractivity contribution is 1.15. The molecule has 0 aliphatic rings. The van der Waals surface area contributed by atoms with Crippen molar-refractivity contribution in [3.8, 4) is 28.2 Å². The average molecular weight is 672 g/mol. The van der Waals surface area contributed by atoms with Crippen LogP contribution in [0.4, 0.5) is 0 Å². The number of hydrogen-bond acceptors (Lipinski definition) is 0. The van der Waals surface area contributed by atoms with Gasteiger partial charge in [-0.1, -0.05) is 121 Å². The predicted octanol–water partition coefficient (Wildman–Crippen LogP) is 12.6. The number of para-hydroxylation sites is 4. The normalized spacial score (nSPS) is 18.0. The minimum atomic E-state index is -0.920. The third kappa shape index (κ3) is 4.12. The van der Waals surface area contributed by atoms with Crippen molar-refractivity contribution in [2.45, 2.75) is 0 Å². The molecule has 0 aliphatic carbocycles. The average Bonchev–Trinajstić information content (AvgIpc) is 4.06. The third-order valence-electron chi connectivity index (χ3n) is 8.98. The van der Waals surface area contributed by atoms with Gasteiger partial charge in [-0.15, -0.1) is 0 Å². The number of rotatable bonds is 4. The van der Waals surface area contributed by atoms with Gasteiger partial charge in [0.25, 0.3) is 0 Å². The molecule has 0 radical (unpaired) electrons. The highest BCUT2D eigenvalue weighted by atomic mass is 15.0. The van der Waals surface area contributed by atoms with Gasteiger partial charge in [-0.2, -0.15) is 0 Å². The summed E-state index contributed by atoms with van der Waals surface area (Å²) in [5, 5.41) is -2.23. The van der Waals surface area contributed by atoms with E-state index in [1.807, 2.05) is 30.3 Å². The highest BCUT2D eigenvalue weighted by Crippen LogP contribution is 2.39. The van der Waals surface area contributed by atoms with E-state index in [0.29, 0.717) is 5.56 Å². The van der Waals surface area contributed by atoms with E-state index in [1.165, 1.54) is 4.57 Å². The van der Waals surface area contributed by atoms with E-state index in [2.05, 4.69) is 0 Å². The van der Waals surface area contributed by atoms with E-state index in [0.717, 1.165) is 14.7 Å². The number of fused-ring (bicyclic) bond motifs is 9. The molecule has 0 saturated heterocycles. The Morgan fingerprint density at radius 1 is 0.314 bits per heavy atom. The van der Waals surface area contributed by atoms with Crippen molar-refractivity contribution in [2.24, 2.45) is 0 Å². The lowest BCUT2D eigenvalue weighted by atomic mass is 10.1. The molecule has 0 spiro atoms. The van der Waals surface area contributed by atoms with Crippen molar-refractivity contribution >= 4 is 65.4 Å². The fraction of sp³-hybridized carbons (Fsp3) is 0. The molecular weight excluding hydrogens is 619 g/mol. The molecule has 51 heavy (non-hydrogen) atoms. The zero-order chi connectivity index (χ0) is 52.6. The van der Waals surface area contributed by atoms with Crippen LogP contribution in [0.25, 0.3) is 93.6 Å². The predicted molar refractivity (Wildman–Crippen MR) is 215 cm³/mol. The zero-order valence-corrected chi connectivity index (χ0v) is 26.0. The van der Waals surface area contributed by atoms with Crippen molar-refractivity contribution in [2.75, 3.05) is 0 Å². The number of hydrogen-bond donors (Lipinski definition) is 0. The maximum absolute atomic E-state index is 10.1. The smallest absolute Gasteiger partial charge is 0.0667 e. The summed E-state index contributed by atoms with van der Waals surface area (Å²) < 4.78 is 204. The summed E-state index contributed by atoms with van der Waals surface area (Å²) >= 11 is 0. The van der Waals surface area contributed by atoms with Crippen LogP contribution >= 0.6 is 0 Å². The highest BCUT2D eigenvalue weighted by Gasteiger charge is 2.18. The molecule has 0 unspecified atom stereocenters. The Hall–Kier alpha value is -6.84. The van der Waals surface area contributed by atoms with E-state index < -0.39 is 188 Å². The third-order valence-corrected chi connectivity index (χ3v) is 8.98. The first kappa shape index (κ1) is 14.2. The highest BCUT2D eigenvalue weighted by molar-refractivity contribution is 6.13. The Labute approximate surface area is 325 Å². The minimum absolute atomic E-state index is 0.163. The van der Waals surface area contributed by atoms with Crippen LogP contribution in [0.3, 0.4) is 0 Å². The first-order valence-corrected chi connectivity index (χ1v) is 15.7. The van der Waals surface area contributed by atoms with Gasteiger partial charge in [-0.05, 0) is 77.6 Å². The second kappa shape index (κ2) is 10.8. The number of aromatic nitrogens is 3. The van der Waals surface area contributed by atoms with Crippen LogP contribution in [0.15, 0.2) is 188 Å². The number of nitrogens with zero attached hydrogens (tertiary/aromatic N) is 3. The molecule has 3 heteroatoms. The molecule has 0 atom stereocenters. The maximum Gasteiger partial charge on any atom is 0.0667 e. The van der Waals surface area contributed by atoms with Gasteiger partial charge in [0.2, 0.25) is 0 Å². The molecular formula is C48H31N3. The second-order valence-electron chi connectivity index (χ2n) is 11.7. The summed E-state index contributed by atoms with van der Waals surface area (Å²) in [4.78, 5) is 0. The summed E-state index contributed by atoms with van der Waals surface area (Å²) in [5.74, 6) is 0. The molecule has 11 rings (SSSR count). The molecule has 0 fully saturated rings. The first-order chi connectivity index (χ1) is 34.5. The van der Waals surface area contributed by atoms with Crippen LogP contribution in [0.5, 0.6) is 0 Å². The van der Waals surface area contributed by atoms with Gasteiger partial charge in [0.1, 0.15) is 0 Å². The van der Waals surface area contributed by atoms with Crippen molar-refractivity contribution < 1.29 is 30.2 Å². The molecule has 0 bridgehead atoms. The molecule has 3 aromatic heterocycles. The summed E-state index contributed by atoms with van der Waals surface area (Å²) in [7, 11) is 0. The molecule has 0 N–H and O–H groups in total. The lowest BCUT2D eigenvalue weighted by Crippen LogP contribution is -1.98. The second-order valence-corrected chi connectivity index (χ2v) is 11.7. The summed E-state index contributed by atoms with van der Waals surface area (Å²) in [5.41, 5.74) is -2.11.